The van der Waals surface area contributed by atoms with E-state index < -0.39 is 0 Å². The predicted octanol–water partition coefficient (Wildman–Crippen LogP) is 3.56. The summed E-state index contributed by atoms with van der Waals surface area (Å²) >= 11 is 0. The smallest absolute Gasteiger partial charge is 0.129 e. The summed E-state index contributed by atoms with van der Waals surface area (Å²) in [6, 6.07) is 6.98. The first-order chi connectivity index (χ1) is 13.6. The fourth-order valence-electron chi connectivity index (χ4n) is 5.85. The first kappa shape index (κ1) is 18.4. The van der Waals surface area contributed by atoms with Gasteiger partial charge in [-0.2, -0.15) is 0 Å². The van der Waals surface area contributed by atoms with Crippen molar-refractivity contribution in [3.05, 3.63) is 34.9 Å². The number of anilines is 1. The molecule has 0 spiro atoms. The molecule has 1 aromatic heterocycles. The minimum Gasteiger partial charge on any atom is -0.396 e. The molecule has 1 aliphatic carbocycles. The molecule has 28 heavy (non-hydrogen) atoms. The van der Waals surface area contributed by atoms with Crippen LogP contribution < -0.4 is 4.90 Å². The van der Waals surface area contributed by atoms with Crippen molar-refractivity contribution in [3.8, 4) is 0 Å². The number of fused-ring (bicyclic) bond motifs is 3. The number of benzene rings is 1. The summed E-state index contributed by atoms with van der Waals surface area (Å²) in [5, 5.41) is 11.6. The Labute approximate surface area is 168 Å². The Morgan fingerprint density at radius 2 is 1.96 bits per heavy atom. The van der Waals surface area contributed by atoms with E-state index in [1.807, 2.05) is 0 Å². The Kier molecular flexibility index (Phi) is 4.59. The van der Waals surface area contributed by atoms with Gasteiger partial charge < -0.3 is 14.9 Å². The maximum absolute atomic E-state index is 10.3. The Hall–Kier alpha value is -1.65. The third-order valence-electron chi connectivity index (χ3n) is 7.51. The number of unbranched alkanes of at least 4 members (excludes halogenated alkanes) is 1. The molecule has 2 aliphatic heterocycles. The van der Waals surface area contributed by atoms with Crippen LogP contribution >= 0.6 is 0 Å². The highest BCUT2D eigenvalue weighted by Gasteiger charge is 2.52. The van der Waals surface area contributed by atoms with Crippen LogP contribution in [0.4, 0.5) is 5.82 Å². The van der Waals surface area contributed by atoms with Crippen LogP contribution in [-0.2, 0) is 12.8 Å². The third-order valence-corrected chi connectivity index (χ3v) is 7.51. The van der Waals surface area contributed by atoms with Gasteiger partial charge in [0, 0.05) is 37.0 Å². The molecule has 4 nitrogen and oxygen atoms in total. The predicted molar refractivity (Wildman–Crippen MR) is 115 cm³/mol. The van der Waals surface area contributed by atoms with Crippen LogP contribution in [-0.4, -0.2) is 54.3 Å². The van der Waals surface area contributed by atoms with Crippen molar-refractivity contribution in [2.75, 3.05) is 44.2 Å². The molecule has 4 heteroatoms. The third kappa shape index (κ3) is 2.93. The maximum Gasteiger partial charge on any atom is 0.129 e. The van der Waals surface area contributed by atoms with E-state index in [2.05, 4.69) is 41.8 Å². The monoisotopic (exact) mass is 379 g/mol. The van der Waals surface area contributed by atoms with Crippen LogP contribution in [0, 0.1) is 18.3 Å². The molecule has 5 rings (SSSR count). The normalized spacial score (nSPS) is 27.0. The van der Waals surface area contributed by atoms with Gasteiger partial charge >= 0.3 is 0 Å². The summed E-state index contributed by atoms with van der Waals surface area (Å²) in [4.78, 5) is 10.1. The zero-order valence-electron chi connectivity index (χ0n) is 17.4. The molecule has 1 aromatic carbocycles. The number of nitrogens with zero attached hydrogens (tertiary/aromatic N) is 3. The van der Waals surface area contributed by atoms with Gasteiger partial charge in [-0.1, -0.05) is 13.3 Å². The maximum atomic E-state index is 10.3. The second-order valence-corrected chi connectivity index (χ2v) is 9.48. The van der Waals surface area contributed by atoms with E-state index in [1.165, 1.54) is 60.7 Å². The van der Waals surface area contributed by atoms with Gasteiger partial charge in [-0.15, -0.1) is 0 Å². The number of aliphatic hydroxyl groups is 1. The molecule has 1 N–H and O–H groups in total. The topological polar surface area (TPSA) is 39.6 Å². The van der Waals surface area contributed by atoms with E-state index in [4.69, 9.17) is 4.98 Å². The van der Waals surface area contributed by atoms with Crippen molar-refractivity contribution in [2.45, 2.75) is 46.0 Å². The number of hydrogen-bond acceptors (Lipinski definition) is 4. The summed E-state index contributed by atoms with van der Waals surface area (Å²) in [5.74, 6) is 1.65. The Balaban J connectivity index is 1.42. The fraction of sp³-hybridized carbons (Fsp3) is 0.625. The second kappa shape index (κ2) is 7.00. The number of rotatable bonds is 5. The van der Waals surface area contributed by atoms with E-state index in [0.29, 0.717) is 5.92 Å². The zero-order chi connectivity index (χ0) is 19.3. The van der Waals surface area contributed by atoms with Crippen LogP contribution in [0.2, 0.25) is 0 Å². The van der Waals surface area contributed by atoms with E-state index in [1.54, 1.807) is 0 Å². The molecule has 0 bridgehead atoms. The fourth-order valence-corrected chi connectivity index (χ4v) is 5.85. The SMILES string of the molecule is CCCCN1CC2CN(c3cc(C)c4cc5c(cc4n3)CCC5)CC2(CO)C1. The average molecular weight is 380 g/mol. The molecule has 150 valence electrons. The first-order valence-electron chi connectivity index (χ1n) is 11.1. The summed E-state index contributed by atoms with van der Waals surface area (Å²) in [5.41, 5.74) is 5.51. The molecule has 2 unspecified atom stereocenters. The lowest BCUT2D eigenvalue weighted by Gasteiger charge is -2.28. The van der Waals surface area contributed by atoms with Gasteiger partial charge in [0.05, 0.1) is 12.1 Å². The first-order valence-corrected chi connectivity index (χ1v) is 11.1. The molecular weight excluding hydrogens is 346 g/mol. The number of hydrogen-bond donors (Lipinski definition) is 1. The minimum absolute atomic E-state index is 0.0240. The number of aromatic nitrogens is 1. The summed E-state index contributed by atoms with van der Waals surface area (Å²) in [6.07, 6.45) is 6.19. The number of likely N-dealkylation sites (tertiary alicyclic amines) is 1. The highest BCUT2D eigenvalue weighted by Crippen LogP contribution is 2.44. The van der Waals surface area contributed by atoms with Crippen molar-refractivity contribution in [1.29, 1.82) is 0 Å². The molecule has 0 amide bonds. The summed E-state index contributed by atoms with van der Waals surface area (Å²) in [6.45, 7) is 10.0. The van der Waals surface area contributed by atoms with Crippen molar-refractivity contribution in [2.24, 2.45) is 11.3 Å². The second-order valence-electron chi connectivity index (χ2n) is 9.48. The molecule has 3 aliphatic rings. The zero-order valence-corrected chi connectivity index (χ0v) is 17.4. The summed E-state index contributed by atoms with van der Waals surface area (Å²) < 4.78 is 0. The van der Waals surface area contributed by atoms with Gasteiger partial charge in [0.25, 0.3) is 0 Å². The van der Waals surface area contributed by atoms with Crippen LogP contribution in [0.3, 0.4) is 0 Å². The van der Waals surface area contributed by atoms with Crippen LogP contribution in [0.15, 0.2) is 18.2 Å². The lowest BCUT2D eigenvalue weighted by molar-refractivity contribution is 0.126. The van der Waals surface area contributed by atoms with E-state index in [-0.39, 0.29) is 12.0 Å². The molecule has 3 heterocycles. The van der Waals surface area contributed by atoms with Crippen molar-refractivity contribution >= 4 is 16.7 Å². The highest BCUT2D eigenvalue weighted by atomic mass is 16.3. The molecule has 2 aromatic rings. The number of pyridine rings is 1. The lowest BCUT2D eigenvalue weighted by Crippen LogP contribution is -2.37. The Bertz CT molecular complexity index is 895. The standard InChI is InChI=1S/C24H33N3O/c1-3-4-8-26-12-20-13-27(15-24(20,14-26)16-28)23-9-17(2)21-10-18-6-5-7-19(18)11-22(21)25-23/h9-11,20,28H,3-8,12-16H2,1-2H3. The van der Waals surface area contributed by atoms with Gasteiger partial charge in [0.15, 0.2) is 0 Å². The van der Waals surface area contributed by atoms with Gasteiger partial charge in [0.2, 0.25) is 0 Å². The number of aliphatic hydroxyl groups excluding tert-OH is 1. The number of aryl methyl sites for hydroxylation is 3. The molecule has 2 atom stereocenters. The minimum atomic E-state index is 0.0240. The molecule has 0 radical (unpaired) electrons. The van der Waals surface area contributed by atoms with Crippen LogP contribution in [0.5, 0.6) is 0 Å². The molecular formula is C24H33N3O. The van der Waals surface area contributed by atoms with Crippen LogP contribution in [0.1, 0.15) is 42.9 Å². The van der Waals surface area contributed by atoms with Crippen molar-refractivity contribution in [1.82, 2.24) is 9.88 Å². The van der Waals surface area contributed by atoms with Crippen molar-refractivity contribution in [3.63, 3.8) is 0 Å². The largest absolute Gasteiger partial charge is 0.396 e. The van der Waals surface area contributed by atoms with Gasteiger partial charge in [-0.3, -0.25) is 0 Å². The highest BCUT2D eigenvalue weighted by molar-refractivity contribution is 5.85. The molecule has 2 saturated heterocycles. The quantitative estimate of drug-likeness (QED) is 0.862. The van der Waals surface area contributed by atoms with Crippen LogP contribution in [0.25, 0.3) is 10.9 Å². The molecule has 0 saturated carbocycles. The Morgan fingerprint density at radius 1 is 1.14 bits per heavy atom. The lowest BCUT2D eigenvalue weighted by atomic mass is 9.82. The molecule has 2 fully saturated rings. The van der Waals surface area contributed by atoms with Gasteiger partial charge in [-0.25, -0.2) is 4.98 Å². The average Bonchev–Trinajstić information content (AvgIpc) is 3.36. The summed E-state index contributed by atoms with van der Waals surface area (Å²) in [7, 11) is 0. The van der Waals surface area contributed by atoms with Crippen molar-refractivity contribution < 1.29 is 5.11 Å². The Morgan fingerprint density at radius 3 is 2.71 bits per heavy atom. The van der Waals surface area contributed by atoms with Gasteiger partial charge in [-0.05, 0) is 80.0 Å². The van der Waals surface area contributed by atoms with E-state index in [0.717, 1.165) is 37.5 Å². The van der Waals surface area contributed by atoms with E-state index in [9.17, 15) is 5.11 Å². The van der Waals surface area contributed by atoms with E-state index >= 15 is 0 Å². The van der Waals surface area contributed by atoms with Gasteiger partial charge in [0.1, 0.15) is 5.82 Å².